The topological polar surface area (TPSA) is 86.6 Å². The molecule has 0 aromatic heterocycles. The van der Waals surface area contributed by atoms with Crippen molar-refractivity contribution in [2.24, 2.45) is 5.92 Å². The molecule has 1 aromatic carbocycles. The summed E-state index contributed by atoms with van der Waals surface area (Å²) in [6.45, 7) is 5.67. The quantitative estimate of drug-likeness (QED) is 0.711. The minimum Gasteiger partial charge on any atom is -0.480 e. The number of carboxylic acids is 1. The van der Waals surface area contributed by atoms with Crippen molar-refractivity contribution in [3.8, 4) is 0 Å². The van der Waals surface area contributed by atoms with Gasteiger partial charge < -0.3 is 15.5 Å². The van der Waals surface area contributed by atoms with E-state index in [2.05, 4.69) is 5.32 Å². The summed E-state index contributed by atoms with van der Waals surface area (Å²) < 4.78 is 0. The molecule has 2 atom stereocenters. The van der Waals surface area contributed by atoms with E-state index in [9.17, 15) is 19.8 Å². The fourth-order valence-electron chi connectivity index (χ4n) is 2.08. The molecule has 0 aliphatic heterocycles. The van der Waals surface area contributed by atoms with Crippen LogP contribution in [0.2, 0.25) is 0 Å². The zero-order chi connectivity index (χ0) is 16.0. The van der Waals surface area contributed by atoms with Gasteiger partial charge in [0.25, 0.3) is 0 Å². The summed E-state index contributed by atoms with van der Waals surface area (Å²) in [7, 11) is 0. The third-order valence-electron chi connectivity index (χ3n) is 3.30. The first-order valence-corrected chi connectivity index (χ1v) is 7.07. The van der Waals surface area contributed by atoms with Crippen LogP contribution in [-0.2, 0) is 16.0 Å². The van der Waals surface area contributed by atoms with E-state index in [0.717, 1.165) is 11.1 Å². The van der Waals surface area contributed by atoms with E-state index in [4.69, 9.17) is 0 Å². The number of nitrogens with one attached hydrogen (secondary N) is 1. The van der Waals surface area contributed by atoms with Crippen molar-refractivity contribution in [1.29, 1.82) is 0 Å². The highest BCUT2D eigenvalue weighted by Crippen LogP contribution is 2.11. The van der Waals surface area contributed by atoms with E-state index in [0.29, 0.717) is 6.42 Å². The summed E-state index contributed by atoms with van der Waals surface area (Å²) in [5.74, 6) is -1.58. The first-order valence-electron chi connectivity index (χ1n) is 7.07. The largest absolute Gasteiger partial charge is 0.480 e. The van der Waals surface area contributed by atoms with Gasteiger partial charge >= 0.3 is 5.97 Å². The van der Waals surface area contributed by atoms with E-state index < -0.39 is 24.0 Å². The van der Waals surface area contributed by atoms with Crippen molar-refractivity contribution in [3.63, 3.8) is 0 Å². The smallest absolute Gasteiger partial charge is 0.326 e. The van der Waals surface area contributed by atoms with Gasteiger partial charge in [-0.1, -0.05) is 38.1 Å². The van der Waals surface area contributed by atoms with Crippen LogP contribution in [0.4, 0.5) is 0 Å². The van der Waals surface area contributed by atoms with Crippen molar-refractivity contribution in [2.45, 2.75) is 45.8 Å². The zero-order valence-electron chi connectivity index (χ0n) is 12.7. The van der Waals surface area contributed by atoms with Crippen LogP contribution < -0.4 is 5.32 Å². The Balaban J connectivity index is 2.73. The van der Waals surface area contributed by atoms with Gasteiger partial charge in [-0.05, 0) is 30.4 Å². The van der Waals surface area contributed by atoms with Crippen LogP contribution in [0.1, 0.15) is 31.4 Å². The van der Waals surface area contributed by atoms with E-state index in [1.54, 1.807) is 0 Å². The maximum Gasteiger partial charge on any atom is 0.326 e. The number of aliphatic carboxylic acids is 1. The van der Waals surface area contributed by atoms with Gasteiger partial charge in [0.1, 0.15) is 12.1 Å². The Morgan fingerprint density at radius 1 is 1.24 bits per heavy atom. The number of aliphatic hydroxyl groups excluding tert-OH is 1. The number of aliphatic hydroxyl groups is 1. The van der Waals surface area contributed by atoms with Gasteiger partial charge in [0, 0.05) is 6.42 Å². The Labute approximate surface area is 125 Å². The summed E-state index contributed by atoms with van der Waals surface area (Å²) in [5.41, 5.74) is 1.84. The van der Waals surface area contributed by atoms with Gasteiger partial charge in [0.2, 0.25) is 5.91 Å². The summed E-state index contributed by atoms with van der Waals surface area (Å²) in [4.78, 5) is 23.1. The second-order valence-electron chi connectivity index (χ2n) is 5.68. The molecule has 0 saturated heterocycles. The normalized spacial score (nSPS) is 13.8. The van der Waals surface area contributed by atoms with E-state index in [1.165, 1.54) is 0 Å². The fraction of sp³-hybridized carbons (Fsp3) is 0.500. The number of hydrogen-bond acceptors (Lipinski definition) is 3. The summed E-state index contributed by atoms with van der Waals surface area (Å²) >= 11 is 0. The third kappa shape index (κ3) is 5.55. The fourth-order valence-corrected chi connectivity index (χ4v) is 2.08. The standard InChI is InChI=1S/C16H23NO4/c1-10(2)8-14(18)15(19)17-13(16(20)21)9-12-7-5-4-6-11(12)3/h4-7,10,13-14,18H,8-9H2,1-3H3,(H,17,19)(H,20,21)/t13-,14-/m0/s1. The molecule has 21 heavy (non-hydrogen) atoms. The molecule has 1 amide bonds. The van der Waals surface area contributed by atoms with Crippen LogP contribution in [0.3, 0.4) is 0 Å². The highest BCUT2D eigenvalue weighted by atomic mass is 16.4. The Bertz CT molecular complexity index is 499. The molecule has 5 nitrogen and oxygen atoms in total. The van der Waals surface area contributed by atoms with E-state index in [1.807, 2.05) is 45.0 Å². The number of aryl methyl sites for hydroxylation is 1. The van der Waals surface area contributed by atoms with Crippen LogP contribution in [-0.4, -0.2) is 34.2 Å². The Morgan fingerprint density at radius 2 is 1.86 bits per heavy atom. The van der Waals surface area contributed by atoms with Crippen molar-refractivity contribution < 1.29 is 19.8 Å². The second-order valence-corrected chi connectivity index (χ2v) is 5.68. The Kier molecular flexibility index (Phi) is 6.37. The average molecular weight is 293 g/mol. The number of amides is 1. The van der Waals surface area contributed by atoms with Crippen LogP contribution in [0.25, 0.3) is 0 Å². The molecule has 0 radical (unpaired) electrons. The highest BCUT2D eigenvalue weighted by molar-refractivity contribution is 5.86. The molecule has 116 valence electrons. The number of rotatable bonds is 7. The molecule has 0 fully saturated rings. The van der Waals surface area contributed by atoms with Gasteiger partial charge in [-0.2, -0.15) is 0 Å². The minimum absolute atomic E-state index is 0.158. The molecular formula is C16H23NO4. The van der Waals surface area contributed by atoms with Crippen LogP contribution in [0.15, 0.2) is 24.3 Å². The van der Waals surface area contributed by atoms with Crippen LogP contribution in [0.5, 0.6) is 0 Å². The Morgan fingerprint density at radius 3 is 2.38 bits per heavy atom. The predicted octanol–water partition coefficient (Wildman–Crippen LogP) is 1.51. The number of carboxylic acid groups (broad SMARTS) is 1. The highest BCUT2D eigenvalue weighted by Gasteiger charge is 2.25. The lowest BCUT2D eigenvalue weighted by Gasteiger charge is -2.19. The van der Waals surface area contributed by atoms with Crippen LogP contribution >= 0.6 is 0 Å². The number of hydrogen-bond donors (Lipinski definition) is 3. The Hall–Kier alpha value is -1.88. The van der Waals surface area contributed by atoms with Crippen molar-refractivity contribution in [3.05, 3.63) is 35.4 Å². The maximum absolute atomic E-state index is 11.8. The summed E-state index contributed by atoms with van der Waals surface area (Å²) in [5, 5.41) is 21.4. The lowest BCUT2D eigenvalue weighted by atomic mass is 10.0. The molecule has 0 aliphatic rings. The van der Waals surface area contributed by atoms with E-state index >= 15 is 0 Å². The number of carbonyl (C=O) groups is 2. The van der Waals surface area contributed by atoms with Gasteiger partial charge in [-0.15, -0.1) is 0 Å². The lowest BCUT2D eigenvalue weighted by Crippen LogP contribution is -2.47. The zero-order valence-corrected chi connectivity index (χ0v) is 12.7. The van der Waals surface area contributed by atoms with Crippen molar-refractivity contribution >= 4 is 11.9 Å². The maximum atomic E-state index is 11.8. The molecule has 0 unspecified atom stereocenters. The molecule has 1 aromatic rings. The number of benzene rings is 1. The molecular weight excluding hydrogens is 270 g/mol. The van der Waals surface area contributed by atoms with Crippen molar-refractivity contribution in [1.82, 2.24) is 5.32 Å². The molecule has 0 saturated carbocycles. The first-order chi connectivity index (χ1) is 9.81. The average Bonchev–Trinajstić information content (AvgIpc) is 2.39. The molecule has 3 N–H and O–H groups in total. The third-order valence-corrected chi connectivity index (χ3v) is 3.30. The molecule has 0 bridgehead atoms. The predicted molar refractivity (Wildman–Crippen MR) is 79.9 cm³/mol. The molecule has 0 spiro atoms. The van der Waals surface area contributed by atoms with Gasteiger partial charge in [0.15, 0.2) is 0 Å². The molecule has 0 heterocycles. The first kappa shape index (κ1) is 17.2. The number of carbonyl (C=O) groups excluding carboxylic acids is 1. The summed E-state index contributed by atoms with van der Waals surface area (Å²) in [6.07, 6.45) is -0.672. The van der Waals surface area contributed by atoms with Gasteiger partial charge in [-0.25, -0.2) is 4.79 Å². The van der Waals surface area contributed by atoms with Gasteiger partial charge in [-0.3, -0.25) is 4.79 Å². The van der Waals surface area contributed by atoms with E-state index in [-0.39, 0.29) is 12.3 Å². The van der Waals surface area contributed by atoms with Crippen LogP contribution in [0, 0.1) is 12.8 Å². The molecule has 0 aliphatic carbocycles. The molecule has 5 heteroatoms. The second kappa shape index (κ2) is 7.78. The van der Waals surface area contributed by atoms with Gasteiger partial charge in [0.05, 0.1) is 0 Å². The monoisotopic (exact) mass is 293 g/mol. The SMILES string of the molecule is Cc1ccccc1C[C@H](NC(=O)[C@@H](O)CC(C)C)C(=O)O. The summed E-state index contributed by atoms with van der Waals surface area (Å²) in [6, 6.07) is 6.39. The molecule has 1 rings (SSSR count). The lowest BCUT2D eigenvalue weighted by molar-refractivity contribution is -0.143. The minimum atomic E-state index is -1.18. The van der Waals surface area contributed by atoms with Crippen molar-refractivity contribution in [2.75, 3.05) is 0 Å².